The van der Waals surface area contributed by atoms with Crippen molar-refractivity contribution in [2.24, 2.45) is 0 Å². The molecule has 5 nitrogen and oxygen atoms in total. The fourth-order valence-electron chi connectivity index (χ4n) is 2.61. The van der Waals surface area contributed by atoms with Crippen LogP contribution in [0.15, 0.2) is 48.5 Å². The molecule has 0 aliphatic rings. The standard InChI is InChI=1S/C17H12F3N5/c1-10-8-14(25-16(21-10)23-15(24-25)17(18,19)20)22-13-7-6-11-4-2-3-5-12(11)9-13/h2-9,22H,1H3. The largest absolute Gasteiger partial charge is 0.453 e. The molecule has 0 amide bonds. The molecule has 2 aromatic heterocycles. The Balaban J connectivity index is 1.80. The van der Waals surface area contributed by atoms with Crippen LogP contribution in [0.2, 0.25) is 0 Å². The Labute approximate surface area is 140 Å². The van der Waals surface area contributed by atoms with Crippen molar-refractivity contribution < 1.29 is 13.2 Å². The second-order valence-corrected chi connectivity index (χ2v) is 5.61. The number of nitrogens with one attached hydrogen (secondary N) is 1. The van der Waals surface area contributed by atoms with Crippen LogP contribution in [-0.2, 0) is 6.18 Å². The molecule has 2 aromatic carbocycles. The average Bonchev–Trinajstić information content (AvgIpc) is 2.99. The number of hydrogen-bond acceptors (Lipinski definition) is 4. The number of nitrogens with zero attached hydrogens (tertiary/aromatic N) is 4. The van der Waals surface area contributed by atoms with Gasteiger partial charge in [0.2, 0.25) is 0 Å². The van der Waals surface area contributed by atoms with E-state index in [1.54, 1.807) is 13.0 Å². The Morgan fingerprint density at radius 3 is 2.48 bits per heavy atom. The molecule has 0 saturated heterocycles. The van der Waals surface area contributed by atoms with E-state index in [9.17, 15) is 13.2 Å². The van der Waals surface area contributed by atoms with Gasteiger partial charge in [0.1, 0.15) is 5.82 Å². The summed E-state index contributed by atoms with van der Waals surface area (Å²) >= 11 is 0. The lowest BCUT2D eigenvalue weighted by Gasteiger charge is -2.09. The molecule has 0 atom stereocenters. The van der Waals surface area contributed by atoms with Crippen molar-refractivity contribution in [3.05, 3.63) is 60.0 Å². The van der Waals surface area contributed by atoms with Gasteiger partial charge in [-0.05, 0) is 29.8 Å². The lowest BCUT2D eigenvalue weighted by Crippen LogP contribution is -2.08. The molecule has 0 aliphatic carbocycles. The molecule has 0 radical (unpaired) electrons. The Morgan fingerprint density at radius 2 is 1.72 bits per heavy atom. The molecule has 8 heteroatoms. The maximum absolute atomic E-state index is 12.9. The molecule has 0 fully saturated rings. The molecule has 1 N–H and O–H groups in total. The number of anilines is 2. The van der Waals surface area contributed by atoms with Gasteiger partial charge in [-0.2, -0.15) is 22.7 Å². The summed E-state index contributed by atoms with van der Waals surface area (Å²) in [5, 5.41) is 8.73. The zero-order valence-corrected chi connectivity index (χ0v) is 13.0. The van der Waals surface area contributed by atoms with E-state index in [-0.39, 0.29) is 5.78 Å². The first-order valence-corrected chi connectivity index (χ1v) is 7.47. The lowest BCUT2D eigenvalue weighted by molar-refractivity contribution is -0.144. The first-order valence-electron chi connectivity index (χ1n) is 7.47. The lowest BCUT2D eigenvalue weighted by atomic mass is 10.1. The molecule has 0 unspecified atom stereocenters. The second kappa shape index (κ2) is 5.44. The van der Waals surface area contributed by atoms with Gasteiger partial charge in [-0.3, -0.25) is 0 Å². The minimum absolute atomic E-state index is 0.101. The molecular weight excluding hydrogens is 331 g/mol. The third-order valence-electron chi connectivity index (χ3n) is 3.72. The monoisotopic (exact) mass is 343 g/mol. The van der Waals surface area contributed by atoms with Crippen molar-refractivity contribution in [3.63, 3.8) is 0 Å². The molecule has 0 aliphatic heterocycles. The molecule has 4 aromatic rings. The van der Waals surface area contributed by atoms with E-state index in [1.807, 2.05) is 42.5 Å². The first-order chi connectivity index (χ1) is 11.9. The summed E-state index contributed by atoms with van der Waals surface area (Å²) in [5.41, 5.74) is 1.27. The zero-order chi connectivity index (χ0) is 17.6. The van der Waals surface area contributed by atoms with Crippen LogP contribution in [0.3, 0.4) is 0 Å². The van der Waals surface area contributed by atoms with Crippen LogP contribution in [0.25, 0.3) is 16.6 Å². The van der Waals surface area contributed by atoms with Gasteiger partial charge in [-0.15, -0.1) is 5.10 Å². The summed E-state index contributed by atoms with van der Waals surface area (Å²) in [4.78, 5) is 7.48. The topological polar surface area (TPSA) is 55.1 Å². The van der Waals surface area contributed by atoms with Crippen molar-refractivity contribution in [2.45, 2.75) is 13.1 Å². The quantitative estimate of drug-likeness (QED) is 0.588. The fraction of sp³-hybridized carbons (Fsp3) is 0.118. The normalized spacial score (nSPS) is 12.0. The molecule has 25 heavy (non-hydrogen) atoms. The summed E-state index contributed by atoms with van der Waals surface area (Å²) < 4.78 is 39.7. The van der Waals surface area contributed by atoms with Gasteiger partial charge >= 0.3 is 6.18 Å². The number of fused-ring (bicyclic) bond motifs is 2. The summed E-state index contributed by atoms with van der Waals surface area (Å²) in [6, 6.07) is 15.1. The molecule has 0 spiro atoms. The highest BCUT2D eigenvalue weighted by molar-refractivity contribution is 5.86. The highest BCUT2D eigenvalue weighted by atomic mass is 19.4. The van der Waals surface area contributed by atoms with Gasteiger partial charge in [0.05, 0.1) is 0 Å². The van der Waals surface area contributed by atoms with Crippen LogP contribution < -0.4 is 5.32 Å². The maximum Gasteiger partial charge on any atom is 0.453 e. The summed E-state index contributed by atoms with van der Waals surface area (Å²) in [6.07, 6.45) is -4.62. The number of hydrogen-bond donors (Lipinski definition) is 1. The van der Waals surface area contributed by atoms with Gasteiger partial charge < -0.3 is 5.32 Å². The van der Waals surface area contributed by atoms with Gasteiger partial charge in [0.25, 0.3) is 11.6 Å². The molecule has 0 saturated carbocycles. The van der Waals surface area contributed by atoms with E-state index >= 15 is 0 Å². The summed E-state index contributed by atoms with van der Waals surface area (Å²) in [6.45, 7) is 1.69. The smallest absolute Gasteiger partial charge is 0.340 e. The average molecular weight is 343 g/mol. The summed E-state index contributed by atoms with van der Waals surface area (Å²) in [5.74, 6) is -0.955. The Hall–Kier alpha value is -3.16. The minimum atomic E-state index is -4.62. The predicted octanol–water partition coefficient (Wildman–Crippen LogP) is 4.35. The predicted molar refractivity (Wildman–Crippen MR) is 87.8 cm³/mol. The van der Waals surface area contributed by atoms with Crippen molar-refractivity contribution in [3.8, 4) is 0 Å². The van der Waals surface area contributed by atoms with Crippen molar-refractivity contribution >= 4 is 28.1 Å². The highest BCUT2D eigenvalue weighted by Crippen LogP contribution is 2.28. The number of benzene rings is 2. The molecular formula is C17H12F3N5. The van der Waals surface area contributed by atoms with Crippen LogP contribution >= 0.6 is 0 Å². The molecule has 4 rings (SSSR count). The number of alkyl halides is 3. The first kappa shape index (κ1) is 15.4. The van der Waals surface area contributed by atoms with Crippen molar-refractivity contribution in [1.29, 1.82) is 0 Å². The van der Waals surface area contributed by atoms with E-state index in [2.05, 4.69) is 20.4 Å². The summed E-state index contributed by atoms with van der Waals surface area (Å²) in [7, 11) is 0. The number of aromatic nitrogens is 4. The Bertz CT molecular complexity index is 1080. The Kier molecular flexibility index (Phi) is 3.34. The van der Waals surface area contributed by atoms with E-state index < -0.39 is 12.0 Å². The van der Waals surface area contributed by atoms with Crippen LogP contribution in [0, 0.1) is 6.92 Å². The van der Waals surface area contributed by atoms with Gasteiger partial charge in [-0.1, -0.05) is 30.3 Å². The Morgan fingerprint density at radius 1 is 0.960 bits per heavy atom. The van der Waals surface area contributed by atoms with Crippen molar-refractivity contribution in [2.75, 3.05) is 5.32 Å². The van der Waals surface area contributed by atoms with Crippen LogP contribution in [0.1, 0.15) is 11.5 Å². The van der Waals surface area contributed by atoms with E-state index in [4.69, 9.17) is 0 Å². The number of rotatable bonds is 2. The van der Waals surface area contributed by atoms with E-state index in [0.717, 1.165) is 21.0 Å². The second-order valence-electron chi connectivity index (χ2n) is 5.61. The molecule has 126 valence electrons. The number of halogens is 3. The molecule has 0 bridgehead atoms. The fourth-order valence-corrected chi connectivity index (χ4v) is 2.61. The third-order valence-corrected chi connectivity index (χ3v) is 3.72. The highest BCUT2D eigenvalue weighted by Gasteiger charge is 2.36. The van der Waals surface area contributed by atoms with Crippen LogP contribution in [-0.4, -0.2) is 19.6 Å². The number of aryl methyl sites for hydroxylation is 1. The van der Waals surface area contributed by atoms with Crippen LogP contribution in [0.5, 0.6) is 0 Å². The van der Waals surface area contributed by atoms with E-state index in [0.29, 0.717) is 11.5 Å². The van der Waals surface area contributed by atoms with Gasteiger partial charge in [0.15, 0.2) is 0 Å². The maximum atomic E-state index is 12.9. The van der Waals surface area contributed by atoms with E-state index in [1.165, 1.54) is 0 Å². The van der Waals surface area contributed by atoms with Gasteiger partial charge in [-0.25, -0.2) is 4.98 Å². The molecule has 2 heterocycles. The van der Waals surface area contributed by atoms with Gasteiger partial charge in [0, 0.05) is 17.4 Å². The van der Waals surface area contributed by atoms with Crippen LogP contribution in [0.4, 0.5) is 24.7 Å². The zero-order valence-electron chi connectivity index (χ0n) is 13.0. The van der Waals surface area contributed by atoms with Crippen molar-refractivity contribution in [1.82, 2.24) is 19.6 Å². The minimum Gasteiger partial charge on any atom is -0.340 e. The SMILES string of the molecule is Cc1cc(Nc2ccc3ccccc3c2)n2nc(C(F)(F)F)nc2n1. The third kappa shape index (κ3) is 2.86.